The van der Waals surface area contributed by atoms with Crippen molar-refractivity contribution in [1.82, 2.24) is 9.62 Å². The number of piperidine rings is 1. The number of carbonyl (C=O) groups excluding carboxylic acids is 1. The highest BCUT2D eigenvalue weighted by molar-refractivity contribution is 7.76. The normalized spacial score (nSPS) is 27.9. The fourth-order valence-electron chi connectivity index (χ4n) is 1.34. The molecule has 1 fully saturated rings. The first-order valence-corrected chi connectivity index (χ1v) is 4.89. The van der Waals surface area contributed by atoms with Crippen molar-refractivity contribution in [2.75, 3.05) is 6.54 Å². The van der Waals surface area contributed by atoms with Gasteiger partial charge < -0.3 is 5.32 Å². The van der Waals surface area contributed by atoms with E-state index < -0.39 is 11.3 Å². The third kappa shape index (κ3) is 2.26. The highest BCUT2D eigenvalue weighted by Gasteiger charge is 2.25. The SMILES string of the molecule is O=CNC1CCCCN1S(=O)O. The van der Waals surface area contributed by atoms with Gasteiger partial charge in [-0.25, -0.2) is 4.21 Å². The van der Waals surface area contributed by atoms with Crippen LogP contribution in [-0.2, 0) is 16.1 Å². The molecule has 1 saturated heterocycles. The number of nitrogens with zero attached hydrogens (tertiary/aromatic N) is 1. The van der Waals surface area contributed by atoms with Crippen molar-refractivity contribution in [1.29, 1.82) is 0 Å². The zero-order chi connectivity index (χ0) is 8.97. The predicted octanol–water partition coefficient (Wildman–Crippen LogP) is -0.319. The number of rotatable bonds is 3. The molecule has 70 valence electrons. The third-order valence-corrected chi connectivity index (χ3v) is 2.75. The van der Waals surface area contributed by atoms with Crippen LogP contribution in [0.1, 0.15) is 19.3 Å². The summed E-state index contributed by atoms with van der Waals surface area (Å²) in [4.78, 5) is 10.1. The highest BCUT2D eigenvalue weighted by atomic mass is 32.2. The third-order valence-electron chi connectivity index (χ3n) is 1.91. The van der Waals surface area contributed by atoms with Gasteiger partial charge in [0, 0.05) is 6.54 Å². The van der Waals surface area contributed by atoms with Crippen LogP contribution in [0.2, 0.25) is 0 Å². The Hall–Kier alpha value is -0.460. The van der Waals surface area contributed by atoms with Gasteiger partial charge in [-0.05, 0) is 19.3 Å². The standard InChI is InChI=1S/C6H12N2O3S/c9-5-7-6-3-1-2-4-8(6)12(10)11/h5-6H,1-4H2,(H,7,9)(H,10,11). The van der Waals surface area contributed by atoms with E-state index in [1.54, 1.807) is 0 Å². The monoisotopic (exact) mass is 192 g/mol. The molecule has 0 spiro atoms. The zero-order valence-electron chi connectivity index (χ0n) is 6.60. The largest absolute Gasteiger partial charge is 0.342 e. The van der Waals surface area contributed by atoms with E-state index in [-0.39, 0.29) is 6.17 Å². The molecule has 2 atom stereocenters. The molecule has 1 aliphatic heterocycles. The van der Waals surface area contributed by atoms with Crippen LogP contribution < -0.4 is 5.32 Å². The van der Waals surface area contributed by atoms with Gasteiger partial charge in [0.25, 0.3) is 0 Å². The molecule has 6 heteroatoms. The maximum absolute atomic E-state index is 10.7. The molecule has 0 bridgehead atoms. The first-order chi connectivity index (χ1) is 5.75. The summed E-state index contributed by atoms with van der Waals surface area (Å²) in [5.41, 5.74) is 0. The Bertz CT molecular complexity index is 188. The molecule has 1 rings (SSSR count). The average Bonchev–Trinajstić information content (AvgIpc) is 2.05. The van der Waals surface area contributed by atoms with Gasteiger partial charge in [0.05, 0.1) is 6.17 Å². The molecule has 0 radical (unpaired) electrons. The van der Waals surface area contributed by atoms with Crippen LogP contribution in [-0.4, -0.2) is 32.2 Å². The zero-order valence-corrected chi connectivity index (χ0v) is 7.42. The van der Waals surface area contributed by atoms with E-state index in [9.17, 15) is 9.00 Å². The van der Waals surface area contributed by atoms with Crippen molar-refractivity contribution < 1.29 is 13.6 Å². The summed E-state index contributed by atoms with van der Waals surface area (Å²) < 4.78 is 20.9. The maximum atomic E-state index is 10.7. The Morgan fingerprint density at radius 3 is 2.92 bits per heavy atom. The van der Waals surface area contributed by atoms with E-state index in [0.29, 0.717) is 13.0 Å². The molecule has 2 unspecified atom stereocenters. The lowest BCUT2D eigenvalue weighted by Crippen LogP contribution is -2.48. The van der Waals surface area contributed by atoms with Gasteiger partial charge in [0.15, 0.2) is 0 Å². The summed E-state index contributed by atoms with van der Waals surface area (Å²) >= 11 is -1.97. The van der Waals surface area contributed by atoms with Gasteiger partial charge >= 0.3 is 0 Å². The first kappa shape index (κ1) is 9.63. The molecule has 1 heterocycles. The number of carbonyl (C=O) groups is 1. The fourth-order valence-corrected chi connectivity index (χ4v) is 2.01. The Labute approximate surface area is 73.5 Å². The molecular weight excluding hydrogens is 180 g/mol. The van der Waals surface area contributed by atoms with Gasteiger partial charge in [-0.15, -0.1) is 0 Å². The molecule has 2 N–H and O–H groups in total. The quantitative estimate of drug-likeness (QED) is 0.475. The van der Waals surface area contributed by atoms with E-state index in [4.69, 9.17) is 4.55 Å². The Morgan fingerprint density at radius 2 is 2.33 bits per heavy atom. The maximum Gasteiger partial charge on any atom is 0.236 e. The van der Waals surface area contributed by atoms with Crippen molar-refractivity contribution >= 4 is 17.7 Å². The van der Waals surface area contributed by atoms with Gasteiger partial charge in [0.1, 0.15) is 0 Å². The molecule has 0 aromatic carbocycles. The van der Waals surface area contributed by atoms with Crippen LogP contribution in [0.4, 0.5) is 0 Å². The van der Waals surface area contributed by atoms with Crippen LogP contribution in [0.15, 0.2) is 0 Å². The van der Waals surface area contributed by atoms with Gasteiger partial charge in [0.2, 0.25) is 17.7 Å². The second-order valence-electron chi connectivity index (χ2n) is 2.67. The van der Waals surface area contributed by atoms with Crippen LogP contribution in [0.5, 0.6) is 0 Å². The number of hydrogen-bond acceptors (Lipinski definition) is 2. The van der Waals surface area contributed by atoms with E-state index in [1.807, 2.05) is 0 Å². The molecule has 12 heavy (non-hydrogen) atoms. The molecule has 5 nitrogen and oxygen atoms in total. The van der Waals surface area contributed by atoms with Gasteiger partial charge in [-0.1, -0.05) is 0 Å². The van der Waals surface area contributed by atoms with E-state index in [2.05, 4.69) is 5.32 Å². The molecule has 0 aromatic rings. The van der Waals surface area contributed by atoms with Crippen molar-refractivity contribution in [3.05, 3.63) is 0 Å². The lowest BCUT2D eigenvalue weighted by molar-refractivity contribution is -0.111. The molecule has 0 aromatic heterocycles. The van der Waals surface area contributed by atoms with Crippen molar-refractivity contribution in [2.45, 2.75) is 25.4 Å². The minimum absolute atomic E-state index is 0.276. The van der Waals surface area contributed by atoms with Gasteiger partial charge in [-0.2, -0.15) is 4.31 Å². The van der Waals surface area contributed by atoms with E-state index in [0.717, 1.165) is 19.3 Å². The Morgan fingerprint density at radius 1 is 1.58 bits per heavy atom. The first-order valence-electron chi connectivity index (χ1n) is 3.83. The smallest absolute Gasteiger partial charge is 0.236 e. The molecular formula is C6H12N2O3S. The minimum atomic E-state index is -1.97. The molecule has 0 aliphatic carbocycles. The van der Waals surface area contributed by atoms with Crippen LogP contribution >= 0.6 is 0 Å². The molecule has 1 amide bonds. The number of hydrogen-bond donors (Lipinski definition) is 2. The highest BCUT2D eigenvalue weighted by Crippen LogP contribution is 2.15. The number of amides is 1. The van der Waals surface area contributed by atoms with E-state index >= 15 is 0 Å². The second kappa shape index (κ2) is 4.54. The van der Waals surface area contributed by atoms with E-state index in [1.165, 1.54) is 4.31 Å². The van der Waals surface area contributed by atoms with Gasteiger partial charge in [-0.3, -0.25) is 9.35 Å². The summed E-state index contributed by atoms with van der Waals surface area (Å²) in [6.07, 6.45) is 2.92. The van der Waals surface area contributed by atoms with Crippen molar-refractivity contribution in [3.8, 4) is 0 Å². The lowest BCUT2D eigenvalue weighted by atomic mass is 10.1. The molecule has 1 aliphatic rings. The summed E-state index contributed by atoms with van der Waals surface area (Å²) in [6.45, 7) is 0.564. The van der Waals surface area contributed by atoms with Crippen LogP contribution in [0.3, 0.4) is 0 Å². The van der Waals surface area contributed by atoms with Crippen molar-refractivity contribution in [2.24, 2.45) is 0 Å². The summed E-state index contributed by atoms with van der Waals surface area (Å²) in [6, 6.07) is 0. The van der Waals surface area contributed by atoms with Crippen LogP contribution in [0, 0.1) is 0 Å². The Balaban J connectivity index is 2.53. The predicted molar refractivity (Wildman–Crippen MR) is 44.3 cm³/mol. The topological polar surface area (TPSA) is 69.6 Å². The second-order valence-corrected chi connectivity index (χ2v) is 3.60. The minimum Gasteiger partial charge on any atom is -0.342 e. The lowest BCUT2D eigenvalue weighted by Gasteiger charge is -2.31. The molecule has 0 saturated carbocycles. The fraction of sp³-hybridized carbons (Fsp3) is 0.833. The summed E-state index contributed by atoms with van der Waals surface area (Å²) in [5, 5.41) is 2.51. The Kier molecular flexibility index (Phi) is 3.64. The number of nitrogens with one attached hydrogen (secondary N) is 1. The van der Waals surface area contributed by atoms with Crippen LogP contribution in [0.25, 0.3) is 0 Å². The summed E-state index contributed by atoms with van der Waals surface area (Å²) in [7, 11) is 0. The van der Waals surface area contributed by atoms with Crippen molar-refractivity contribution in [3.63, 3.8) is 0 Å². The summed E-state index contributed by atoms with van der Waals surface area (Å²) in [5.74, 6) is 0. The average molecular weight is 192 g/mol.